The van der Waals surface area contributed by atoms with Crippen molar-refractivity contribution >= 4 is 44.8 Å². The largest absolute Gasteiger partial charge is 0.325 e. The molecule has 0 atom stereocenters. The molecule has 0 aromatic heterocycles. The average Bonchev–Trinajstić information content (AvgIpc) is 2.49. The molecule has 2 aromatic rings. The Morgan fingerprint density at radius 3 is 2.31 bits per heavy atom. The molecule has 0 aliphatic carbocycles. The number of hydrogen-bond acceptors (Lipinski definition) is 3. The highest BCUT2D eigenvalue weighted by Gasteiger charge is 2.25. The normalized spacial score (nSPS) is 12.0. The Kier molecular flexibility index (Phi) is 6.34. The van der Waals surface area contributed by atoms with Crippen molar-refractivity contribution in [1.82, 2.24) is 4.72 Å². The number of halogens is 2. The first-order valence-corrected chi connectivity index (χ1v) is 10.1. The molecule has 8 heteroatoms. The lowest BCUT2D eigenvalue weighted by molar-refractivity contribution is -0.115. The van der Waals surface area contributed by atoms with Crippen molar-refractivity contribution in [2.45, 2.75) is 37.6 Å². The number of carbonyl (C=O) groups excluding carboxylic acids is 1. The molecule has 0 fully saturated rings. The summed E-state index contributed by atoms with van der Waals surface area (Å²) in [7, 11) is -3.78. The monoisotopic (exact) mass is 414 g/mol. The van der Waals surface area contributed by atoms with Gasteiger partial charge in [0.15, 0.2) is 0 Å². The summed E-state index contributed by atoms with van der Waals surface area (Å²) >= 11 is 11.8. The van der Waals surface area contributed by atoms with Crippen molar-refractivity contribution in [2.75, 3.05) is 5.32 Å². The molecule has 2 aromatic carbocycles. The molecule has 5 nitrogen and oxygen atoms in total. The lowest BCUT2D eigenvalue weighted by Crippen LogP contribution is -2.40. The minimum atomic E-state index is -3.78. The third kappa shape index (κ3) is 5.71. The quantitative estimate of drug-likeness (QED) is 0.767. The van der Waals surface area contributed by atoms with Crippen molar-refractivity contribution in [3.8, 4) is 0 Å². The summed E-state index contributed by atoms with van der Waals surface area (Å²) in [5, 5.41) is 3.41. The minimum absolute atomic E-state index is 0.0115. The van der Waals surface area contributed by atoms with Crippen molar-refractivity contribution in [3.05, 3.63) is 58.1 Å². The number of carbonyl (C=O) groups is 1. The Morgan fingerprint density at radius 1 is 1.04 bits per heavy atom. The van der Waals surface area contributed by atoms with Crippen LogP contribution in [0.2, 0.25) is 10.0 Å². The maximum atomic E-state index is 12.6. The van der Waals surface area contributed by atoms with Gasteiger partial charge in [0.1, 0.15) is 4.90 Å². The van der Waals surface area contributed by atoms with E-state index in [0.717, 1.165) is 0 Å². The fourth-order valence-corrected chi connectivity index (χ4v) is 4.19. The first-order chi connectivity index (χ1) is 12.0. The fourth-order valence-electron chi connectivity index (χ4n) is 2.29. The molecule has 0 radical (unpaired) electrons. The van der Waals surface area contributed by atoms with Crippen molar-refractivity contribution < 1.29 is 13.2 Å². The van der Waals surface area contributed by atoms with Gasteiger partial charge in [-0.15, -0.1) is 0 Å². The standard InChI is InChI=1S/C18H20Cl2N2O3S/c1-18(2,3)22-26(24,25)16-7-5-4-6-15(16)21-17(23)11-12-8-9-13(19)14(20)10-12/h4-10,22H,11H2,1-3H3,(H,21,23). The van der Waals surface area contributed by atoms with Crippen LogP contribution in [0.1, 0.15) is 26.3 Å². The SMILES string of the molecule is CC(C)(C)NS(=O)(=O)c1ccccc1NC(=O)Cc1ccc(Cl)c(Cl)c1. The second-order valence-corrected chi connectivity index (χ2v) is 9.29. The molecular formula is C18H20Cl2N2O3S. The molecule has 1 amide bonds. The second-order valence-electron chi connectivity index (χ2n) is 6.83. The van der Waals surface area contributed by atoms with Crippen LogP contribution in [-0.4, -0.2) is 19.9 Å². The Balaban J connectivity index is 2.22. The molecule has 0 unspecified atom stereocenters. The maximum Gasteiger partial charge on any atom is 0.243 e. The van der Waals surface area contributed by atoms with E-state index in [1.807, 2.05) is 0 Å². The number of hydrogen-bond donors (Lipinski definition) is 2. The van der Waals surface area contributed by atoms with E-state index < -0.39 is 15.6 Å². The molecule has 0 spiro atoms. The Bertz CT molecular complexity index is 922. The van der Waals surface area contributed by atoms with Gasteiger partial charge in [0.2, 0.25) is 15.9 Å². The minimum Gasteiger partial charge on any atom is -0.325 e. The van der Waals surface area contributed by atoms with Crippen LogP contribution in [0.15, 0.2) is 47.4 Å². The van der Waals surface area contributed by atoms with Crippen LogP contribution in [0.25, 0.3) is 0 Å². The van der Waals surface area contributed by atoms with Gasteiger partial charge in [-0.25, -0.2) is 13.1 Å². The number of nitrogens with one attached hydrogen (secondary N) is 2. The predicted octanol–water partition coefficient (Wildman–Crippen LogP) is 4.25. The zero-order chi connectivity index (χ0) is 19.5. The average molecular weight is 415 g/mol. The van der Waals surface area contributed by atoms with Crippen LogP contribution in [0.4, 0.5) is 5.69 Å². The third-order valence-electron chi connectivity index (χ3n) is 3.24. The van der Waals surface area contributed by atoms with E-state index in [9.17, 15) is 13.2 Å². The van der Waals surface area contributed by atoms with Gasteiger partial charge in [-0.3, -0.25) is 4.79 Å². The first kappa shape index (κ1) is 20.7. The molecule has 140 valence electrons. The van der Waals surface area contributed by atoms with Crippen LogP contribution in [0.5, 0.6) is 0 Å². The van der Waals surface area contributed by atoms with E-state index in [4.69, 9.17) is 23.2 Å². The van der Waals surface area contributed by atoms with E-state index in [2.05, 4.69) is 10.0 Å². The Hall–Kier alpha value is -1.60. The van der Waals surface area contributed by atoms with Crippen LogP contribution in [0.3, 0.4) is 0 Å². The molecule has 0 aliphatic heterocycles. The van der Waals surface area contributed by atoms with Crippen LogP contribution < -0.4 is 10.0 Å². The number of para-hydroxylation sites is 1. The van der Waals surface area contributed by atoms with Crippen LogP contribution in [0, 0.1) is 0 Å². The summed E-state index contributed by atoms with van der Waals surface area (Å²) < 4.78 is 27.8. The van der Waals surface area contributed by atoms with Crippen molar-refractivity contribution in [1.29, 1.82) is 0 Å². The third-order valence-corrected chi connectivity index (χ3v) is 5.80. The highest BCUT2D eigenvalue weighted by Crippen LogP contribution is 2.24. The molecule has 0 heterocycles. The lowest BCUT2D eigenvalue weighted by atomic mass is 10.1. The molecule has 0 saturated carbocycles. The van der Waals surface area contributed by atoms with Crippen LogP contribution in [-0.2, 0) is 21.2 Å². The number of anilines is 1. The van der Waals surface area contributed by atoms with E-state index >= 15 is 0 Å². The number of rotatable bonds is 5. The summed E-state index contributed by atoms with van der Waals surface area (Å²) in [6.07, 6.45) is 0.0397. The van der Waals surface area contributed by atoms with E-state index in [1.54, 1.807) is 57.2 Å². The molecule has 0 saturated heterocycles. The zero-order valence-corrected chi connectivity index (χ0v) is 17.0. The van der Waals surface area contributed by atoms with Gasteiger partial charge in [0.25, 0.3) is 0 Å². The van der Waals surface area contributed by atoms with Crippen molar-refractivity contribution in [2.24, 2.45) is 0 Å². The zero-order valence-electron chi connectivity index (χ0n) is 14.6. The maximum absolute atomic E-state index is 12.6. The summed E-state index contributed by atoms with van der Waals surface area (Å²) in [5.74, 6) is -0.359. The van der Waals surface area contributed by atoms with E-state index in [0.29, 0.717) is 15.6 Å². The highest BCUT2D eigenvalue weighted by molar-refractivity contribution is 7.89. The van der Waals surface area contributed by atoms with Gasteiger partial charge in [-0.05, 0) is 50.6 Å². The van der Waals surface area contributed by atoms with E-state index in [1.165, 1.54) is 6.07 Å². The molecule has 2 N–H and O–H groups in total. The molecule has 2 rings (SSSR count). The fraction of sp³-hybridized carbons (Fsp3) is 0.278. The lowest BCUT2D eigenvalue weighted by Gasteiger charge is -2.21. The highest BCUT2D eigenvalue weighted by atomic mass is 35.5. The summed E-state index contributed by atoms with van der Waals surface area (Å²) in [4.78, 5) is 12.4. The molecule has 26 heavy (non-hydrogen) atoms. The topological polar surface area (TPSA) is 75.3 Å². The van der Waals surface area contributed by atoms with Crippen LogP contribution >= 0.6 is 23.2 Å². The van der Waals surface area contributed by atoms with Gasteiger partial charge < -0.3 is 5.32 Å². The summed E-state index contributed by atoms with van der Waals surface area (Å²) in [6, 6.07) is 11.2. The number of sulfonamides is 1. The van der Waals surface area contributed by atoms with Gasteiger partial charge in [0, 0.05) is 5.54 Å². The van der Waals surface area contributed by atoms with Crippen molar-refractivity contribution in [3.63, 3.8) is 0 Å². The number of amides is 1. The first-order valence-electron chi connectivity index (χ1n) is 7.85. The summed E-state index contributed by atoms with van der Waals surface area (Å²) in [5.41, 5.74) is 0.245. The van der Waals surface area contributed by atoms with E-state index in [-0.39, 0.29) is 22.9 Å². The summed E-state index contributed by atoms with van der Waals surface area (Å²) in [6.45, 7) is 5.24. The molecule has 0 aliphatic rings. The van der Waals surface area contributed by atoms with Gasteiger partial charge >= 0.3 is 0 Å². The number of benzene rings is 2. The molecule has 0 bridgehead atoms. The van der Waals surface area contributed by atoms with Gasteiger partial charge in [-0.2, -0.15) is 0 Å². The Labute approximate surface area is 163 Å². The Morgan fingerprint density at radius 2 is 1.69 bits per heavy atom. The molecular weight excluding hydrogens is 395 g/mol. The second kappa shape index (κ2) is 7.96. The predicted molar refractivity (Wildman–Crippen MR) is 105 cm³/mol. The van der Waals surface area contributed by atoms with Gasteiger partial charge in [-0.1, -0.05) is 41.4 Å². The smallest absolute Gasteiger partial charge is 0.243 e. The van der Waals surface area contributed by atoms with Gasteiger partial charge in [0.05, 0.1) is 22.2 Å².